The molecule has 0 N–H and O–H groups in total. The van der Waals surface area contributed by atoms with Gasteiger partial charge in [0.15, 0.2) is 6.61 Å². The summed E-state index contributed by atoms with van der Waals surface area (Å²) in [5, 5.41) is 7.61. The van der Waals surface area contributed by atoms with Crippen LogP contribution in [0.3, 0.4) is 0 Å². The molecule has 1 aromatic heterocycles. The van der Waals surface area contributed by atoms with Crippen LogP contribution >= 0.6 is 0 Å². The molecule has 0 unspecified atom stereocenters. The van der Waals surface area contributed by atoms with E-state index in [0.717, 1.165) is 6.42 Å². The number of nitrogens with zero attached hydrogens (tertiary/aromatic N) is 3. The first-order valence-corrected chi connectivity index (χ1v) is 7.31. The molecule has 6 nitrogen and oxygen atoms in total. The van der Waals surface area contributed by atoms with Crippen molar-refractivity contribution in [2.24, 2.45) is 0 Å². The molecule has 1 atom stereocenters. The van der Waals surface area contributed by atoms with Crippen LogP contribution in [0.1, 0.15) is 6.42 Å². The van der Waals surface area contributed by atoms with Gasteiger partial charge in [-0.15, -0.1) is 5.10 Å². The third-order valence-electron chi connectivity index (χ3n) is 3.51. The van der Waals surface area contributed by atoms with Crippen LogP contribution in [-0.2, 0) is 4.79 Å². The van der Waals surface area contributed by atoms with E-state index in [1.165, 1.54) is 24.3 Å². The summed E-state index contributed by atoms with van der Waals surface area (Å²) >= 11 is 0. The molecule has 0 saturated carbocycles. The Hall–Kier alpha value is -2.70. The topological polar surface area (TPSA) is 64.5 Å². The lowest BCUT2D eigenvalue weighted by molar-refractivity contribution is -0.132. The molecule has 1 aliphatic heterocycles. The summed E-state index contributed by atoms with van der Waals surface area (Å²) in [5.74, 6) is 0.451. The predicted molar refractivity (Wildman–Crippen MR) is 79.5 cm³/mol. The first kappa shape index (κ1) is 15.2. The van der Waals surface area contributed by atoms with E-state index in [1.54, 1.807) is 23.2 Å². The first-order valence-electron chi connectivity index (χ1n) is 7.31. The third-order valence-corrected chi connectivity index (χ3v) is 3.51. The Balaban J connectivity index is 1.46. The van der Waals surface area contributed by atoms with Crippen LogP contribution in [0.25, 0.3) is 0 Å². The average Bonchev–Trinajstić information content (AvgIpc) is 3.03. The van der Waals surface area contributed by atoms with E-state index in [0.29, 0.717) is 24.7 Å². The third kappa shape index (κ3) is 4.15. The molecule has 0 radical (unpaired) electrons. The smallest absolute Gasteiger partial charge is 0.260 e. The van der Waals surface area contributed by atoms with E-state index in [1.807, 2.05) is 0 Å². The van der Waals surface area contributed by atoms with Gasteiger partial charge in [0.05, 0.1) is 6.54 Å². The predicted octanol–water partition coefficient (Wildman–Crippen LogP) is 1.67. The van der Waals surface area contributed by atoms with Crippen molar-refractivity contribution in [3.05, 3.63) is 48.4 Å². The van der Waals surface area contributed by atoms with Crippen LogP contribution in [0.5, 0.6) is 11.6 Å². The number of benzene rings is 1. The normalized spacial score (nSPS) is 17.1. The first-order chi connectivity index (χ1) is 11.2. The van der Waals surface area contributed by atoms with Crippen molar-refractivity contribution in [1.29, 1.82) is 0 Å². The van der Waals surface area contributed by atoms with Gasteiger partial charge < -0.3 is 14.4 Å². The SMILES string of the molecule is O=C(COc1ccc(F)cc1)N1CC[C@@H](Oc2cccnn2)C1. The standard InChI is InChI=1S/C16H16FN3O3/c17-12-3-5-13(6-4-12)22-11-16(21)20-9-7-14(10-20)23-15-2-1-8-18-19-15/h1-6,8,14H,7,9-11H2/t14-/m1/s1. The zero-order valence-electron chi connectivity index (χ0n) is 12.4. The Morgan fingerprint density at radius 1 is 1.30 bits per heavy atom. The zero-order valence-corrected chi connectivity index (χ0v) is 12.4. The van der Waals surface area contributed by atoms with Crippen molar-refractivity contribution in [3.8, 4) is 11.6 Å². The lowest BCUT2D eigenvalue weighted by atomic mass is 10.3. The van der Waals surface area contributed by atoms with Gasteiger partial charge in [0.25, 0.3) is 5.91 Å². The van der Waals surface area contributed by atoms with E-state index in [2.05, 4.69) is 10.2 Å². The van der Waals surface area contributed by atoms with E-state index >= 15 is 0 Å². The van der Waals surface area contributed by atoms with Gasteiger partial charge in [0.1, 0.15) is 17.7 Å². The minimum absolute atomic E-state index is 0.0799. The molecule has 0 bridgehead atoms. The summed E-state index contributed by atoms with van der Waals surface area (Å²) in [6, 6.07) is 9.05. The Kier molecular flexibility index (Phi) is 4.65. The fraction of sp³-hybridized carbons (Fsp3) is 0.312. The molecule has 1 aromatic carbocycles. The quantitative estimate of drug-likeness (QED) is 0.839. The summed E-state index contributed by atoms with van der Waals surface area (Å²) in [6.07, 6.45) is 2.21. The van der Waals surface area contributed by atoms with Gasteiger partial charge in [-0.1, -0.05) is 0 Å². The highest BCUT2D eigenvalue weighted by molar-refractivity contribution is 5.78. The molecule has 0 spiro atoms. The van der Waals surface area contributed by atoms with Gasteiger partial charge in [-0.3, -0.25) is 4.79 Å². The van der Waals surface area contributed by atoms with Crippen LogP contribution in [0.2, 0.25) is 0 Å². The molecular weight excluding hydrogens is 301 g/mol. The second-order valence-electron chi connectivity index (χ2n) is 5.17. The number of halogens is 1. The number of ether oxygens (including phenoxy) is 2. The summed E-state index contributed by atoms with van der Waals surface area (Å²) in [7, 11) is 0. The Bertz CT molecular complexity index is 651. The average molecular weight is 317 g/mol. The van der Waals surface area contributed by atoms with Crippen molar-refractivity contribution >= 4 is 5.91 Å². The minimum Gasteiger partial charge on any atom is -0.484 e. The number of carbonyl (C=O) groups is 1. The van der Waals surface area contributed by atoms with Crippen LogP contribution in [0.4, 0.5) is 4.39 Å². The fourth-order valence-electron chi connectivity index (χ4n) is 2.34. The van der Waals surface area contributed by atoms with Gasteiger partial charge >= 0.3 is 0 Å². The Morgan fingerprint density at radius 2 is 2.13 bits per heavy atom. The summed E-state index contributed by atoms with van der Waals surface area (Å²) in [4.78, 5) is 13.8. The maximum absolute atomic E-state index is 12.8. The Morgan fingerprint density at radius 3 is 2.87 bits per heavy atom. The molecule has 1 amide bonds. The number of aromatic nitrogens is 2. The van der Waals surface area contributed by atoms with Crippen LogP contribution < -0.4 is 9.47 Å². The molecule has 7 heteroatoms. The lowest BCUT2D eigenvalue weighted by Gasteiger charge is -2.17. The van der Waals surface area contributed by atoms with Crippen LogP contribution in [-0.4, -0.2) is 46.8 Å². The molecule has 2 aromatic rings. The molecule has 1 aliphatic rings. The van der Waals surface area contributed by atoms with Gasteiger partial charge in [0.2, 0.25) is 5.88 Å². The highest BCUT2D eigenvalue weighted by atomic mass is 19.1. The highest BCUT2D eigenvalue weighted by Gasteiger charge is 2.28. The van der Waals surface area contributed by atoms with Gasteiger partial charge in [-0.25, -0.2) is 4.39 Å². The highest BCUT2D eigenvalue weighted by Crippen LogP contribution is 2.16. The Labute approximate surface area is 132 Å². The van der Waals surface area contributed by atoms with Crippen molar-refractivity contribution < 1.29 is 18.7 Å². The van der Waals surface area contributed by atoms with Crippen LogP contribution in [0.15, 0.2) is 42.6 Å². The molecule has 0 aliphatic carbocycles. The monoisotopic (exact) mass is 317 g/mol. The molecule has 1 fully saturated rings. The van der Waals surface area contributed by atoms with E-state index in [4.69, 9.17) is 9.47 Å². The lowest BCUT2D eigenvalue weighted by Crippen LogP contribution is -2.34. The molecule has 1 saturated heterocycles. The maximum atomic E-state index is 12.8. The molecule has 23 heavy (non-hydrogen) atoms. The number of hydrogen-bond donors (Lipinski definition) is 0. The van der Waals surface area contributed by atoms with Gasteiger partial charge in [0, 0.05) is 25.2 Å². The summed E-state index contributed by atoms with van der Waals surface area (Å²) in [6.45, 7) is 1.02. The number of likely N-dealkylation sites (tertiary alicyclic amines) is 1. The second-order valence-corrected chi connectivity index (χ2v) is 5.17. The van der Waals surface area contributed by atoms with Gasteiger partial charge in [-0.05, 0) is 30.3 Å². The number of amides is 1. The molecule has 120 valence electrons. The van der Waals surface area contributed by atoms with Crippen molar-refractivity contribution in [2.45, 2.75) is 12.5 Å². The van der Waals surface area contributed by atoms with Crippen molar-refractivity contribution in [3.63, 3.8) is 0 Å². The largest absolute Gasteiger partial charge is 0.484 e. The zero-order chi connectivity index (χ0) is 16.1. The van der Waals surface area contributed by atoms with E-state index < -0.39 is 0 Å². The minimum atomic E-state index is -0.341. The number of carbonyl (C=O) groups excluding carboxylic acids is 1. The summed E-state index contributed by atoms with van der Waals surface area (Å²) < 4.78 is 23.8. The van der Waals surface area contributed by atoms with E-state index in [9.17, 15) is 9.18 Å². The molecule has 2 heterocycles. The number of hydrogen-bond acceptors (Lipinski definition) is 5. The summed E-state index contributed by atoms with van der Waals surface area (Å²) in [5.41, 5.74) is 0. The van der Waals surface area contributed by atoms with Crippen LogP contribution in [0, 0.1) is 5.82 Å². The molecule has 3 rings (SSSR count). The van der Waals surface area contributed by atoms with Gasteiger partial charge in [-0.2, -0.15) is 5.10 Å². The number of rotatable bonds is 5. The fourth-order valence-corrected chi connectivity index (χ4v) is 2.34. The second kappa shape index (κ2) is 7.04. The van der Waals surface area contributed by atoms with Crippen molar-refractivity contribution in [2.75, 3.05) is 19.7 Å². The maximum Gasteiger partial charge on any atom is 0.260 e. The molecular formula is C16H16FN3O3. The van der Waals surface area contributed by atoms with E-state index in [-0.39, 0.29) is 24.4 Å². The van der Waals surface area contributed by atoms with Crippen molar-refractivity contribution in [1.82, 2.24) is 15.1 Å².